The van der Waals surface area contributed by atoms with Gasteiger partial charge in [0.25, 0.3) is 0 Å². The number of carbonyl (C=O) groups is 1. The van der Waals surface area contributed by atoms with E-state index in [0.29, 0.717) is 10.7 Å². The van der Waals surface area contributed by atoms with Gasteiger partial charge in [-0.05, 0) is 25.0 Å². The molecule has 0 saturated heterocycles. The number of phenols is 1. The second kappa shape index (κ2) is 3.50. The highest BCUT2D eigenvalue weighted by atomic mass is 35.5. The van der Waals surface area contributed by atoms with Gasteiger partial charge in [-0.25, -0.2) is 0 Å². The van der Waals surface area contributed by atoms with Gasteiger partial charge in [-0.2, -0.15) is 0 Å². The molecule has 0 aliphatic heterocycles. The standard InChI is InChI=1S/C10H10ClNO2/c11-8-5-7(13)3-4-9(8)12-10(14)6-1-2-6/h3-6,13H,1-2H2,(H,12,14). The number of benzene rings is 1. The molecule has 14 heavy (non-hydrogen) atoms. The zero-order chi connectivity index (χ0) is 10.1. The van der Waals surface area contributed by atoms with Crippen LogP contribution in [0.3, 0.4) is 0 Å². The smallest absolute Gasteiger partial charge is 0.227 e. The highest BCUT2D eigenvalue weighted by Gasteiger charge is 2.29. The summed E-state index contributed by atoms with van der Waals surface area (Å²) in [6, 6.07) is 4.50. The number of nitrogens with one attached hydrogen (secondary N) is 1. The van der Waals surface area contributed by atoms with Crippen molar-refractivity contribution in [2.45, 2.75) is 12.8 Å². The van der Waals surface area contributed by atoms with E-state index in [1.807, 2.05) is 0 Å². The monoisotopic (exact) mass is 211 g/mol. The molecule has 0 atom stereocenters. The number of amides is 1. The minimum Gasteiger partial charge on any atom is -0.508 e. The predicted octanol–water partition coefficient (Wildman–Crippen LogP) is 2.39. The number of carbonyl (C=O) groups excluding carboxylic acids is 1. The van der Waals surface area contributed by atoms with E-state index in [9.17, 15) is 4.79 Å². The maximum absolute atomic E-state index is 11.4. The van der Waals surface area contributed by atoms with Crippen molar-refractivity contribution in [3.63, 3.8) is 0 Å². The lowest BCUT2D eigenvalue weighted by Crippen LogP contribution is -2.13. The summed E-state index contributed by atoms with van der Waals surface area (Å²) < 4.78 is 0. The first-order chi connectivity index (χ1) is 6.66. The molecule has 0 radical (unpaired) electrons. The molecule has 0 unspecified atom stereocenters. The van der Waals surface area contributed by atoms with E-state index in [1.54, 1.807) is 6.07 Å². The second-order valence-electron chi connectivity index (χ2n) is 3.43. The maximum atomic E-state index is 11.4. The lowest BCUT2D eigenvalue weighted by molar-refractivity contribution is -0.117. The Hall–Kier alpha value is -1.22. The fraction of sp³-hybridized carbons (Fsp3) is 0.300. The number of phenolic OH excluding ortho intramolecular Hbond substituents is 1. The number of hydrogen-bond acceptors (Lipinski definition) is 2. The van der Waals surface area contributed by atoms with Gasteiger partial charge in [0.05, 0.1) is 10.7 Å². The predicted molar refractivity (Wildman–Crippen MR) is 54.5 cm³/mol. The average Bonchev–Trinajstić information content (AvgIpc) is 2.92. The van der Waals surface area contributed by atoms with E-state index in [2.05, 4.69) is 5.32 Å². The van der Waals surface area contributed by atoms with Gasteiger partial charge in [0.2, 0.25) is 5.91 Å². The number of hydrogen-bond donors (Lipinski definition) is 2. The van der Waals surface area contributed by atoms with E-state index in [4.69, 9.17) is 16.7 Å². The number of rotatable bonds is 2. The summed E-state index contributed by atoms with van der Waals surface area (Å²) in [5, 5.41) is 12.2. The molecule has 1 amide bonds. The van der Waals surface area contributed by atoms with E-state index in [0.717, 1.165) is 12.8 Å². The van der Waals surface area contributed by atoms with Crippen molar-refractivity contribution in [3.05, 3.63) is 23.2 Å². The number of aromatic hydroxyl groups is 1. The lowest BCUT2D eigenvalue weighted by Gasteiger charge is -2.06. The third-order valence-corrected chi connectivity index (χ3v) is 2.47. The molecule has 1 saturated carbocycles. The Balaban J connectivity index is 2.11. The lowest BCUT2D eigenvalue weighted by atomic mass is 10.3. The summed E-state index contributed by atoms with van der Waals surface area (Å²) in [6.07, 6.45) is 1.92. The quantitative estimate of drug-likeness (QED) is 0.738. The van der Waals surface area contributed by atoms with Gasteiger partial charge in [0.1, 0.15) is 5.75 Å². The summed E-state index contributed by atoms with van der Waals surface area (Å²) in [5.74, 6) is 0.261. The topological polar surface area (TPSA) is 49.3 Å². The molecule has 3 nitrogen and oxygen atoms in total. The molecule has 74 valence electrons. The largest absolute Gasteiger partial charge is 0.508 e. The van der Waals surface area contributed by atoms with Crippen molar-refractivity contribution in [1.82, 2.24) is 0 Å². The van der Waals surface area contributed by atoms with Crippen molar-refractivity contribution < 1.29 is 9.90 Å². The molecule has 0 spiro atoms. The molecule has 1 aliphatic carbocycles. The van der Waals surface area contributed by atoms with Gasteiger partial charge in [0.15, 0.2) is 0 Å². The Bertz CT molecular complexity index is 374. The molecule has 0 bridgehead atoms. The van der Waals surface area contributed by atoms with Crippen molar-refractivity contribution >= 4 is 23.2 Å². The molecular weight excluding hydrogens is 202 g/mol. The van der Waals surface area contributed by atoms with E-state index < -0.39 is 0 Å². The van der Waals surface area contributed by atoms with Gasteiger partial charge in [-0.15, -0.1) is 0 Å². The molecule has 1 fully saturated rings. The molecule has 1 aliphatic rings. The van der Waals surface area contributed by atoms with Crippen LogP contribution in [0.1, 0.15) is 12.8 Å². The first kappa shape index (κ1) is 9.34. The summed E-state index contributed by atoms with van der Waals surface area (Å²) in [5.41, 5.74) is 0.557. The second-order valence-corrected chi connectivity index (χ2v) is 3.83. The SMILES string of the molecule is O=C(Nc1ccc(O)cc1Cl)C1CC1. The summed E-state index contributed by atoms with van der Waals surface area (Å²) in [4.78, 5) is 11.4. The summed E-state index contributed by atoms with van der Waals surface area (Å²) in [6.45, 7) is 0. The first-order valence-electron chi connectivity index (χ1n) is 4.46. The highest BCUT2D eigenvalue weighted by molar-refractivity contribution is 6.33. The van der Waals surface area contributed by atoms with E-state index in [1.165, 1.54) is 12.1 Å². The normalized spacial score (nSPS) is 15.2. The van der Waals surface area contributed by atoms with Crippen LogP contribution in [0.2, 0.25) is 5.02 Å². The van der Waals surface area contributed by atoms with Crippen LogP contribution in [0, 0.1) is 5.92 Å². The minimum atomic E-state index is 0.0117. The van der Waals surface area contributed by atoms with Gasteiger partial charge in [-0.1, -0.05) is 11.6 Å². The van der Waals surface area contributed by atoms with Crippen LogP contribution in [0.25, 0.3) is 0 Å². The number of halogens is 1. The Morgan fingerprint density at radius 1 is 1.50 bits per heavy atom. The molecule has 2 rings (SSSR count). The van der Waals surface area contributed by atoms with Crippen molar-refractivity contribution in [1.29, 1.82) is 0 Å². The van der Waals surface area contributed by atoms with Crippen LogP contribution in [-0.4, -0.2) is 11.0 Å². The molecule has 0 heterocycles. The fourth-order valence-corrected chi connectivity index (χ4v) is 1.41. The molecule has 0 aromatic heterocycles. The van der Waals surface area contributed by atoms with Gasteiger partial charge < -0.3 is 10.4 Å². The molecule has 1 aromatic carbocycles. The van der Waals surface area contributed by atoms with Crippen LogP contribution in [0.4, 0.5) is 5.69 Å². The van der Waals surface area contributed by atoms with Crippen LogP contribution < -0.4 is 5.32 Å². The van der Waals surface area contributed by atoms with Crippen LogP contribution in [0.5, 0.6) is 5.75 Å². The first-order valence-corrected chi connectivity index (χ1v) is 4.84. The zero-order valence-electron chi connectivity index (χ0n) is 7.46. The Kier molecular flexibility index (Phi) is 2.33. The molecule has 2 N–H and O–H groups in total. The highest BCUT2D eigenvalue weighted by Crippen LogP contribution is 2.32. The molecule has 1 aromatic rings. The average molecular weight is 212 g/mol. The molecular formula is C10H10ClNO2. The molecule has 4 heteroatoms. The van der Waals surface area contributed by atoms with Crippen LogP contribution >= 0.6 is 11.6 Å². The zero-order valence-corrected chi connectivity index (χ0v) is 8.21. The number of anilines is 1. The Morgan fingerprint density at radius 2 is 2.21 bits per heavy atom. The maximum Gasteiger partial charge on any atom is 0.227 e. The third-order valence-electron chi connectivity index (χ3n) is 2.16. The summed E-state index contributed by atoms with van der Waals surface area (Å²) in [7, 11) is 0. The van der Waals surface area contributed by atoms with E-state index >= 15 is 0 Å². The Morgan fingerprint density at radius 3 is 2.79 bits per heavy atom. The van der Waals surface area contributed by atoms with Crippen molar-refractivity contribution in [2.24, 2.45) is 5.92 Å². The summed E-state index contributed by atoms with van der Waals surface area (Å²) >= 11 is 5.82. The van der Waals surface area contributed by atoms with Gasteiger partial charge >= 0.3 is 0 Å². The minimum absolute atomic E-state index is 0.0117. The van der Waals surface area contributed by atoms with Gasteiger partial charge in [0, 0.05) is 12.0 Å². The van der Waals surface area contributed by atoms with E-state index in [-0.39, 0.29) is 17.6 Å². The fourth-order valence-electron chi connectivity index (χ4n) is 1.19. The van der Waals surface area contributed by atoms with Crippen LogP contribution in [-0.2, 0) is 4.79 Å². The Labute approximate surface area is 86.7 Å². The van der Waals surface area contributed by atoms with Crippen LogP contribution in [0.15, 0.2) is 18.2 Å². The van der Waals surface area contributed by atoms with Crippen molar-refractivity contribution in [3.8, 4) is 5.75 Å². The van der Waals surface area contributed by atoms with Crippen molar-refractivity contribution in [2.75, 3.05) is 5.32 Å². The third kappa shape index (κ3) is 1.99. The van der Waals surface area contributed by atoms with Gasteiger partial charge in [-0.3, -0.25) is 4.79 Å².